The van der Waals surface area contributed by atoms with E-state index >= 15 is 0 Å². The zero-order valence-electron chi connectivity index (χ0n) is 16.8. The minimum absolute atomic E-state index is 0.182. The van der Waals surface area contributed by atoms with E-state index in [0.29, 0.717) is 30.2 Å². The number of epoxide rings is 1. The average molecular weight is 406 g/mol. The molecule has 4 atom stereocenters. The van der Waals surface area contributed by atoms with Crippen molar-refractivity contribution in [1.29, 1.82) is 0 Å². The standard InChI is InChI=1S/C23H22N2O5/c1-24(14-8-10-16(29-2)11-9-14)20(26)17-12-23(13-30-23)19-18(17)21(27)25(22(19)28)15-6-4-3-5-7-15/h3-11,17-19H,12-13H2,1-2H3/t17-,18?,19?,23+/m0/s1. The van der Waals surface area contributed by atoms with Crippen LogP contribution >= 0.6 is 0 Å². The summed E-state index contributed by atoms with van der Waals surface area (Å²) in [6, 6.07) is 16.0. The van der Waals surface area contributed by atoms with Crippen molar-refractivity contribution in [3.8, 4) is 5.75 Å². The highest BCUT2D eigenvalue weighted by atomic mass is 16.6. The maximum atomic E-state index is 13.4. The number of hydrogen-bond acceptors (Lipinski definition) is 5. The zero-order valence-corrected chi connectivity index (χ0v) is 16.8. The molecule has 3 amide bonds. The van der Waals surface area contributed by atoms with E-state index in [2.05, 4.69) is 0 Å². The highest BCUT2D eigenvalue weighted by Crippen LogP contribution is 2.58. The van der Waals surface area contributed by atoms with Crippen LogP contribution < -0.4 is 14.5 Å². The van der Waals surface area contributed by atoms with Crippen molar-refractivity contribution in [2.24, 2.45) is 17.8 Å². The van der Waals surface area contributed by atoms with Crippen molar-refractivity contribution >= 4 is 29.1 Å². The smallest absolute Gasteiger partial charge is 0.240 e. The van der Waals surface area contributed by atoms with Gasteiger partial charge in [-0.3, -0.25) is 14.4 Å². The summed E-state index contributed by atoms with van der Waals surface area (Å²) >= 11 is 0. The average Bonchev–Trinajstić information content (AvgIpc) is 3.39. The SMILES string of the molecule is COc1ccc(N(C)C(=O)[C@H]2C[C@@]3(CO3)C3C(=O)N(c4ccccc4)C(=O)C32)cc1. The summed E-state index contributed by atoms with van der Waals surface area (Å²) in [6.07, 6.45) is 0.391. The molecule has 0 bridgehead atoms. The number of rotatable bonds is 4. The number of carbonyl (C=O) groups is 3. The van der Waals surface area contributed by atoms with Crippen molar-refractivity contribution < 1.29 is 23.9 Å². The van der Waals surface area contributed by atoms with Crippen LogP contribution in [-0.2, 0) is 19.1 Å². The Kier molecular flexibility index (Phi) is 4.18. The van der Waals surface area contributed by atoms with E-state index in [4.69, 9.17) is 9.47 Å². The van der Waals surface area contributed by atoms with Crippen LogP contribution in [0.2, 0.25) is 0 Å². The molecule has 3 aliphatic rings. The van der Waals surface area contributed by atoms with Gasteiger partial charge in [0.2, 0.25) is 17.7 Å². The van der Waals surface area contributed by atoms with Gasteiger partial charge in [0.1, 0.15) is 11.4 Å². The van der Waals surface area contributed by atoms with Crippen LogP contribution in [0.4, 0.5) is 11.4 Å². The Balaban J connectivity index is 1.46. The van der Waals surface area contributed by atoms with Gasteiger partial charge in [0.15, 0.2) is 0 Å². The van der Waals surface area contributed by atoms with E-state index in [0.717, 1.165) is 0 Å². The molecule has 2 aromatic carbocycles. The van der Waals surface area contributed by atoms with Gasteiger partial charge < -0.3 is 14.4 Å². The number of benzene rings is 2. The molecule has 30 heavy (non-hydrogen) atoms. The summed E-state index contributed by atoms with van der Waals surface area (Å²) in [7, 11) is 3.27. The second-order valence-electron chi connectivity index (χ2n) is 8.11. The lowest BCUT2D eigenvalue weighted by Crippen LogP contribution is -2.39. The molecule has 2 aliphatic heterocycles. The predicted octanol–water partition coefficient (Wildman–Crippen LogP) is 2.25. The van der Waals surface area contributed by atoms with Crippen LogP contribution in [0.3, 0.4) is 0 Å². The maximum absolute atomic E-state index is 13.4. The summed E-state index contributed by atoms with van der Waals surface area (Å²) in [5, 5.41) is 0. The van der Waals surface area contributed by atoms with Crippen LogP contribution in [0.1, 0.15) is 6.42 Å². The van der Waals surface area contributed by atoms with E-state index in [1.165, 1.54) is 4.90 Å². The van der Waals surface area contributed by atoms with Crippen LogP contribution in [0.5, 0.6) is 5.75 Å². The van der Waals surface area contributed by atoms with Crippen LogP contribution in [0, 0.1) is 17.8 Å². The van der Waals surface area contributed by atoms with E-state index in [9.17, 15) is 14.4 Å². The molecule has 3 fully saturated rings. The molecule has 1 aliphatic carbocycles. The molecule has 2 aromatic rings. The Hall–Kier alpha value is -3.19. The number of methoxy groups -OCH3 is 1. The molecule has 7 nitrogen and oxygen atoms in total. The Morgan fingerprint density at radius 1 is 1.10 bits per heavy atom. The topological polar surface area (TPSA) is 79.5 Å². The molecule has 154 valence electrons. The van der Waals surface area contributed by atoms with Crippen molar-refractivity contribution in [3.05, 3.63) is 54.6 Å². The first-order valence-electron chi connectivity index (χ1n) is 9.95. The van der Waals surface area contributed by atoms with Crippen LogP contribution in [0.25, 0.3) is 0 Å². The highest BCUT2D eigenvalue weighted by molar-refractivity contribution is 6.24. The van der Waals surface area contributed by atoms with E-state index in [-0.39, 0.29) is 17.7 Å². The lowest BCUT2D eigenvalue weighted by Gasteiger charge is -2.24. The first-order valence-corrected chi connectivity index (χ1v) is 9.95. The molecule has 5 rings (SSSR count). The Labute approximate surface area is 174 Å². The Morgan fingerprint density at radius 3 is 2.37 bits per heavy atom. The first-order chi connectivity index (χ1) is 14.5. The number of nitrogens with zero attached hydrogens (tertiary/aromatic N) is 2. The van der Waals surface area contributed by atoms with E-state index in [1.54, 1.807) is 67.6 Å². The minimum atomic E-state index is -0.701. The second kappa shape index (κ2) is 6.67. The fourth-order valence-corrected chi connectivity index (χ4v) is 4.92. The number of anilines is 2. The summed E-state index contributed by atoms with van der Waals surface area (Å²) in [4.78, 5) is 42.7. The predicted molar refractivity (Wildman–Crippen MR) is 109 cm³/mol. The normalized spacial score (nSPS) is 29.3. The summed E-state index contributed by atoms with van der Waals surface area (Å²) in [6.45, 7) is 0.409. The van der Waals surface area contributed by atoms with E-state index < -0.39 is 23.4 Å². The number of amides is 3. The fraction of sp³-hybridized carbons (Fsp3) is 0.348. The van der Waals surface area contributed by atoms with Gasteiger partial charge in [0.05, 0.1) is 37.2 Å². The molecule has 2 heterocycles. The number of hydrogen-bond donors (Lipinski definition) is 0. The third-order valence-corrected chi connectivity index (χ3v) is 6.55. The van der Waals surface area contributed by atoms with Gasteiger partial charge in [-0.05, 0) is 42.8 Å². The monoisotopic (exact) mass is 406 g/mol. The number of carbonyl (C=O) groups excluding carboxylic acids is 3. The van der Waals surface area contributed by atoms with Crippen molar-refractivity contribution in [3.63, 3.8) is 0 Å². The molecular formula is C23H22N2O5. The van der Waals surface area contributed by atoms with Crippen molar-refractivity contribution in [2.45, 2.75) is 12.0 Å². The number of fused-ring (bicyclic) bond motifs is 2. The van der Waals surface area contributed by atoms with E-state index in [1.807, 2.05) is 6.07 Å². The van der Waals surface area contributed by atoms with Crippen molar-refractivity contribution in [2.75, 3.05) is 30.6 Å². The van der Waals surface area contributed by atoms with Gasteiger partial charge in [0, 0.05) is 12.7 Å². The maximum Gasteiger partial charge on any atom is 0.240 e. The summed E-state index contributed by atoms with van der Waals surface area (Å²) < 4.78 is 10.9. The molecule has 1 spiro atoms. The number of imide groups is 1. The van der Waals surface area contributed by atoms with Crippen LogP contribution in [-0.4, -0.2) is 44.1 Å². The summed E-state index contributed by atoms with van der Waals surface area (Å²) in [5.74, 6) is -1.98. The number of ether oxygens (including phenoxy) is 2. The molecule has 2 saturated heterocycles. The van der Waals surface area contributed by atoms with Crippen molar-refractivity contribution in [1.82, 2.24) is 0 Å². The molecule has 0 radical (unpaired) electrons. The zero-order chi connectivity index (χ0) is 21.0. The van der Waals surface area contributed by atoms with Gasteiger partial charge in [-0.25, -0.2) is 4.90 Å². The van der Waals surface area contributed by atoms with Gasteiger partial charge in [-0.1, -0.05) is 18.2 Å². The molecule has 7 heteroatoms. The molecule has 2 unspecified atom stereocenters. The molecular weight excluding hydrogens is 384 g/mol. The first kappa shape index (κ1) is 18.8. The fourth-order valence-electron chi connectivity index (χ4n) is 4.92. The highest BCUT2D eigenvalue weighted by Gasteiger charge is 2.72. The van der Waals surface area contributed by atoms with Gasteiger partial charge in [0.25, 0.3) is 0 Å². The lowest BCUT2D eigenvalue weighted by molar-refractivity contribution is -0.129. The third-order valence-electron chi connectivity index (χ3n) is 6.55. The Morgan fingerprint density at radius 2 is 1.77 bits per heavy atom. The molecule has 0 aromatic heterocycles. The second-order valence-corrected chi connectivity index (χ2v) is 8.11. The third kappa shape index (κ3) is 2.65. The van der Waals surface area contributed by atoms with Gasteiger partial charge in [-0.15, -0.1) is 0 Å². The molecule has 0 N–H and O–H groups in total. The minimum Gasteiger partial charge on any atom is -0.497 e. The quantitative estimate of drug-likeness (QED) is 0.575. The largest absolute Gasteiger partial charge is 0.497 e. The lowest BCUT2D eigenvalue weighted by atomic mass is 9.89. The van der Waals surface area contributed by atoms with Crippen LogP contribution in [0.15, 0.2) is 54.6 Å². The number of para-hydroxylation sites is 1. The molecule has 1 saturated carbocycles. The summed E-state index contributed by atoms with van der Waals surface area (Å²) in [5.41, 5.74) is 0.543. The Bertz CT molecular complexity index is 1020. The van der Waals surface area contributed by atoms with Gasteiger partial charge in [-0.2, -0.15) is 0 Å². The van der Waals surface area contributed by atoms with Gasteiger partial charge >= 0.3 is 0 Å².